The molecule has 1 aromatic heterocycles. The van der Waals surface area contributed by atoms with Crippen molar-refractivity contribution in [2.75, 3.05) is 13.1 Å². The largest absolute Gasteiger partial charge is 0.359 e. The molecule has 1 saturated heterocycles. The van der Waals surface area contributed by atoms with Crippen LogP contribution in [0.1, 0.15) is 17.8 Å². The molecule has 0 atom stereocenters. The Bertz CT molecular complexity index is 1150. The summed E-state index contributed by atoms with van der Waals surface area (Å²) in [6.45, 7) is 1.53. The summed E-state index contributed by atoms with van der Waals surface area (Å²) in [7, 11) is -3.93. The second-order valence-electron chi connectivity index (χ2n) is 6.94. The molecule has 2 aromatic carbocycles. The van der Waals surface area contributed by atoms with Crippen molar-refractivity contribution in [1.29, 1.82) is 0 Å². The predicted octanol–water partition coefficient (Wildman–Crippen LogP) is 5.14. The lowest BCUT2D eigenvalue weighted by Gasteiger charge is -2.19. The number of sulfonamides is 1. The normalized spacial score (nSPS) is 15.0. The number of halogens is 2. The molecule has 156 valence electrons. The van der Waals surface area contributed by atoms with Crippen molar-refractivity contribution >= 4 is 43.1 Å². The molecule has 0 saturated carbocycles. The molecule has 0 unspecified atom stereocenters. The maximum absolute atomic E-state index is 13.2. The number of thiazole rings is 1. The van der Waals surface area contributed by atoms with Gasteiger partial charge in [-0.05, 0) is 49.2 Å². The zero-order chi connectivity index (χ0) is 21.1. The van der Waals surface area contributed by atoms with Crippen molar-refractivity contribution < 1.29 is 12.8 Å². The van der Waals surface area contributed by atoms with E-state index in [2.05, 4.69) is 25.3 Å². The van der Waals surface area contributed by atoms with E-state index in [9.17, 15) is 12.8 Å². The van der Waals surface area contributed by atoms with E-state index in [0.29, 0.717) is 12.3 Å². The lowest BCUT2D eigenvalue weighted by Crippen LogP contribution is -2.30. The van der Waals surface area contributed by atoms with Crippen molar-refractivity contribution in [2.45, 2.75) is 24.2 Å². The van der Waals surface area contributed by atoms with Crippen LogP contribution in [0.15, 0.2) is 67.7 Å². The van der Waals surface area contributed by atoms with Gasteiger partial charge in [0.15, 0.2) is 0 Å². The molecule has 1 aliphatic heterocycles. The van der Waals surface area contributed by atoms with E-state index in [1.165, 1.54) is 23.5 Å². The fourth-order valence-corrected chi connectivity index (χ4v) is 5.36. The highest BCUT2D eigenvalue weighted by Crippen LogP contribution is 2.25. The van der Waals surface area contributed by atoms with Crippen molar-refractivity contribution in [3.63, 3.8) is 0 Å². The summed E-state index contributed by atoms with van der Waals surface area (Å²) in [6.07, 6.45) is 2.33. The fraction of sp³-hybridized carbons (Fsp3) is 0.238. The third kappa shape index (κ3) is 4.96. The summed E-state index contributed by atoms with van der Waals surface area (Å²) in [5, 5.41) is 2.77. The lowest BCUT2D eigenvalue weighted by atomic mass is 10.2. The SMILES string of the molecule is O=S(=O)(/N=C(\Cc1nc(-c2ccc(Br)cc2)cs1)N1CCCC1)c1ccc(F)cc1. The van der Waals surface area contributed by atoms with Crippen LogP contribution in [0.3, 0.4) is 0 Å². The number of amidine groups is 1. The van der Waals surface area contributed by atoms with Gasteiger partial charge in [-0.25, -0.2) is 9.37 Å². The van der Waals surface area contributed by atoms with Crippen LogP contribution in [-0.2, 0) is 16.4 Å². The molecular formula is C21H19BrFN3O2S2. The second-order valence-corrected chi connectivity index (χ2v) is 10.4. The van der Waals surface area contributed by atoms with Crippen molar-refractivity contribution in [3.8, 4) is 11.3 Å². The molecule has 2 heterocycles. The fourth-order valence-electron chi connectivity index (χ4n) is 3.26. The quantitative estimate of drug-likeness (QED) is 0.354. The maximum atomic E-state index is 13.2. The smallest absolute Gasteiger partial charge is 0.283 e. The molecule has 30 heavy (non-hydrogen) atoms. The van der Waals surface area contributed by atoms with Crippen LogP contribution in [0.5, 0.6) is 0 Å². The zero-order valence-electron chi connectivity index (χ0n) is 16.0. The van der Waals surface area contributed by atoms with Crippen LogP contribution in [0.2, 0.25) is 0 Å². The van der Waals surface area contributed by atoms with Gasteiger partial charge in [0, 0.05) is 28.5 Å². The van der Waals surface area contributed by atoms with Gasteiger partial charge in [-0.2, -0.15) is 8.42 Å². The summed E-state index contributed by atoms with van der Waals surface area (Å²) in [6, 6.07) is 12.6. The van der Waals surface area contributed by atoms with Gasteiger partial charge in [0.25, 0.3) is 10.0 Å². The zero-order valence-corrected chi connectivity index (χ0v) is 19.2. The van der Waals surface area contributed by atoms with E-state index in [4.69, 9.17) is 0 Å². The van der Waals surface area contributed by atoms with Gasteiger partial charge in [-0.15, -0.1) is 15.7 Å². The average Bonchev–Trinajstić information content (AvgIpc) is 3.40. The van der Waals surface area contributed by atoms with Gasteiger partial charge in [0.1, 0.15) is 16.7 Å². The van der Waals surface area contributed by atoms with Gasteiger partial charge in [0.2, 0.25) is 0 Å². The lowest BCUT2D eigenvalue weighted by molar-refractivity contribution is 0.510. The van der Waals surface area contributed by atoms with Gasteiger partial charge < -0.3 is 4.90 Å². The first-order valence-electron chi connectivity index (χ1n) is 9.45. The molecular weight excluding hydrogens is 489 g/mol. The molecule has 0 bridgehead atoms. The highest BCUT2D eigenvalue weighted by Gasteiger charge is 2.22. The third-order valence-corrected chi connectivity index (χ3v) is 7.51. The van der Waals surface area contributed by atoms with Crippen molar-refractivity contribution in [1.82, 2.24) is 9.88 Å². The van der Waals surface area contributed by atoms with Crippen LogP contribution >= 0.6 is 27.3 Å². The molecule has 1 aliphatic rings. The van der Waals surface area contributed by atoms with Crippen LogP contribution in [0.25, 0.3) is 11.3 Å². The topological polar surface area (TPSA) is 62.6 Å². The molecule has 0 radical (unpaired) electrons. The Hall–Kier alpha value is -2.10. The summed E-state index contributed by atoms with van der Waals surface area (Å²) in [5.41, 5.74) is 1.85. The number of benzene rings is 2. The van der Waals surface area contributed by atoms with Crippen molar-refractivity contribution in [3.05, 3.63) is 69.2 Å². The molecule has 3 aromatic rings. The van der Waals surface area contributed by atoms with Gasteiger partial charge in [-0.1, -0.05) is 28.1 Å². The van der Waals surface area contributed by atoms with Crippen LogP contribution in [0, 0.1) is 5.82 Å². The summed E-state index contributed by atoms with van der Waals surface area (Å²) in [4.78, 5) is 6.67. The first kappa shape index (κ1) is 21.1. The van der Waals surface area contributed by atoms with Crippen LogP contribution in [0.4, 0.5) is 4.39 Å². The minimum atomic E-state index is -3.93. The molecule has 0 spiro atoms. The van der Waals surface area contributed by atoms with Gasteiger partial charge in [0.05, 0.1) is 17.0 Å². The Morgan fingerprint density at radius 3 is 2.43 bits per heavy atom. The predicted molar refractivity (Wildman–Crippen MR) is 121 cm³/mol. The number of rotatable bonds is 5. The van der Waals surface area contributed by atoms with E-state index < -0.39 is 15.8 Å². The van der Waals surface area contributed by atoms with E-state index in [1.807, 2.05) is 34.5 Å². The number of hydrogen-bond donors (Lipinski definition) is 0. The van der Waals surface area contributed by atoms with Gasteiger partial charge in [-0.3, -0.25) is 0 Å². The average molecular weight is 508 g/mol. The number of hydrogen-bond acceptors (Lipinski definition) is 4. The number of likely N-dealkylation sites (tertiary alicyclic amines) is 1. The standard InChI is InChI=1S/C21H19BrFN3O2S2/c22-16-5-3-15(4-6-16)19-14-29-21(24-19)13-20(26-11-1-2-12-26)25-30(27,28)18-9-7-17(23)8-10-18/h3-10,14H,1-2,11-13H2/b25-20+. The molecule has 0 N–H and O–H groups in total. The monoisotopic (exact) mass is 507 g/mol. The highest BCUT2D eigenvalue weighted by atomic mass is 79.9. The summed E-state index contributed by atoms with van der Waals surface area (Å²) >= 11 is 4.91. The first-order chi connectivity index (χ1) is 14.4. The number of aromatic nitrogens is 1. The Kier molecular flexibility index (Phi) is 6.31. The summed E-state index contributed by atoms with van der Waals surface area (Å²) < 4.78 is 43.9. The summed E-state index contributed by atoms with van der Waals surface area (Å²) in [5.74, 6) is -0.00511. The molecule has 5 nitrogen and oxygen atoms in total. The van der Waals surface area contributed by atoms with Gasteiger partial charge >= 0.3 is 0 Å². The van der Waals surface area contributed by atoms with E-state index >= 15 is 0 Å². The highest BCUT2D eigenvalue weighted by molar-refractivity contribution is 9.10. The van der Waals surface area contributed by atoms with E-state index in [0.717, 1.165) is 58.8 Å². The molecule has 0 amide bonds. The molecule has 9 heteroatoms. The Morgan fingerprint density at radius 1 is 1.10 bits per heavy atom. The second kappa shape index (κ2) is 8.95. The van der Waals surface area contributed by atoms with Crippen LogP contribution in [-0.4, -0.2) is 37.2 Å². The van der Waals surface area contributed by atoms with E-state index in [1.54, 1.807) is 0 Å². The third-order valence-electron chi connectivity index (χ3n) is 4.81. The molecule has 0 aliphatic carbocycles. The molecule has 4 rings (SSSR count). The van der Waals surface area contributed by atoms with Crippen molar-refractivity contribution in [2.24, 2.45) is 4.40 Å². The Morgan fingerprint density at radius 2 is 1.77 bits per heavy atom. The maximum Gasteiger partial charge on any atom is 0.283 e. The minimum absolute atomic E-state index is 0.0183. The van der Waals surface area contributed by atoms with Crippen LogP contribution < -0.4 is 0 Å². The first-order valence-corrected chi connectivity index (χ1v) is 12.6. The number of nitrogens with zero attached hydrogens (tertiary/aromatic N) is 3. The minimum Gasteiger partial charge on any atom is -0.359 e. The molecule has 1 fully saturated rings. The Balaban J connectivity index is 1.63. The van der Waals surface area contributed by atoms with E-state index in [-0.39, 0.29) is 4.90 Å². The Labute approximate surface area is 187 Å².